The van der Waals surface area contributed by atoms with Gasteiger partial charge in [-0.1, -0.05) is 23.3 Å². The number of hydrogen-bond donors (Lipinski definition) is 0. The highest BCUT2D eigenvalue weighted by Crippen LogP contribution is 2.49. The third-order valence-electron chi connectivity index (χ3n) is 4.16. The molecule has 2 saturated carbocycles. The number of ether oxygens (including phenoxy) is 1. The lowest BCUT2D eigenvalue weighted by atomic mass is 9.90. The molecule has 2 aliphatic carbocycles. The van der Waals surface area contributed by atoms with Gasteiger partial charge in [0.2, 0.25) is 0 Å². The fourth-order valence-electron chi connectivity index (χ4n) is 3.30. The molecule has 3 unspecified atom stereocenters. The van der Waals surface area contributed by atoms with Crippen molar-refractivity contribution in [3.63, 3.8) is 0 Å². The maximum atomic E-state index is 11.4. The highest BCUT2D eigenvalue weighted by Gasteiger charge is 2.39. The Hall–Kier alpha value is -1.04. The molecule has 3 rings (SSSR count). The van der Waals surface area contributed by atoms with Crippen molar-refractivity contribution in [3.05, 3.63) is 5.89 Å². The standard InChI is InChI=1S/C13H18N2O3S/c1-2-17-12(16)11-14-15-13(18-11)19-7-10-6-8-3-4-9(10)5-8/h8-10H,2-7H2,1H3. The molecule has 0 N–H and O–H groups in total. The Morgan fingerprint density at radius 2 is 2.32 bits per heavy atom. The maximum Gasteiger partial charge on any atom is 0.396 e. The van der Waals surface area contributed by atoms with Crippen LogP contribution in [0.15, 0.2) is 9.64 Å². The Bertz CT molecular complexity index is 462. The molecule has 1 aromatic heterocycles. The number of carbonyl (C=O) groups is 1. The Labute approximate surface area is 116 Å². The lowest BCUT2D eigenvalue weighted by Gasteiger charge is -2.19. The van der Waals surface area contributed by atoms with Gasteiger partial charge < -0.3 is 9.15 Å². The molecule has 2 fully saturated rings. The summed E-state index contributed by atoms with van der Waals surface area (Å²) in [4.78, 5) is 11.4. The molecule has 1 heterocycles. The third kappa shape index (κ3) is 2.78. The summed E-state index contributed by atoms with van der Waals surface area (Å²) in [7, 11) is 0. The number of carbonyl (C=O) groups excluding carboxylic acids is 1. The van der Waals surface area contributed by atoms with E-state index in [1.54, 1.807) is 18.7 Å². The summed E-state index contributed by atoms with van der Waals surface area (Å²) in [5.41, 5.74) is 0. The second kappa shape index (κ2) is 5.53. The van der Waals surface area contributed by atoms with Crippen molar-refractivity contribution in [2.45, 2.75) is 37.8 Å². The highest BCUT2D eigenvalue weighted by atomic mass is 32.2. The molecule has 0 radical (unpaired) electrons. The van der Waals surface area contributed by atoms with Gasteiger partial charge in [-0.2, -0.15) is 0 Å². The van der Waals surface area contributed by atoms with E-state index in [1.165, 1.54) is 25.7 Å². The number of fused-ring (bicyclic) bond motifs is 2. The second-order valence-electron chi connectivity index (χ2n) is 5.34. The van der Waals surface area contributed by atoms with Gasteiger partial charge in [-0.25, -0.2) is 4.79 Å². The van der Waals surface area contributed by atoms with Crippen LogP contribution in [0.4, 0.5) is 0 Å². The lowest BCUT2D eigenvalue weighted by molar-refractivity contribution is 0.0475. The second-order valence-corrected chi connectivity index (χ2v) is 6.31. The highest BCUT2D eigenvalue weighted by molar-refractivity contribution is 7.99. The first-order chi connectivity index (χ1) is 9.26. The number of rotatable bonds is 5. The van der Waals surface area contributed by atoms with Crippen LogP contribution >= 0.6 is 11.8 Å². The molecule has 0 spiro atoms. The Kier molecular flexibility index (Phi) is 3.77. The molecule has 6 heteroatoms. The third-order valence-corrected chi connectivity index (χ3v) is 5.17. The van der Waals surface area contributed by atoms with Gasteiger partial charge in [-0.15, -0.1) is 5.10 Å². The largest absolute Gasteiger partial charge is 0.459 e. The minimum absolute atomic E-state index is 0.0442. The molecule has 0 amide bonds. The molecule has 0 saturated heterocycles. The van der Waals surface area contributed by atoms with Crippen molar-refractivity contribution in [1.82, 2.24) is 10.2 Å². The number of nitrogens with zero attached hydrogens (tertiary/aromatic N) is 2. The first-order valence-corrected chi connectivity index (χ1v) is 7.88. The fourth-order valence-corrected chi connectivity index (χ4v) is 4.30. The van der Waals surface area contributed by atoms with Crippen molar-refractivity contribution in [2.75, 3.05) is 12.4 Å². The van der Waals surface area contributed by atoms with E-state index in [0.29, 0.717) is 11.8 Å². The molecule has 104 valence electrons. The van der Waals surface area contributed by atoms with Gasteiger partial charge >= 0.3 is 11.9 Å². The van der Waals surface area contributed by atoms with E-state index in [4.69, 9.17) is 9.15 Å². The van der Waals surface area contributed by atoms with Crippen LogP contribution in [0.25, 0.3) is 0 Å². The summed E-state index contributed by atoms with van der Waals surface area (Å²) in [5, 5.41) is 8.08. The van der Waals surface area contributed by atoms with E-state index in [0.717, 1.165) is 23.5 Å². The number of thioether (sulfide) groups is 1. The van der Waals surface area contributed by atoms with Gasteiger partial charge in [-0.05, 0) is 43.9 Å². The Morgan fingerprint density at radius 1 is 1.42 bits per heavy atom. The van der Waals surface area contributed by atoms with Crippen LogP contribution in [0.1, 0.15) is 43.3 Å². The quantitative estimate of drug-likeness (QED) is 0.611. The van der Waals surface area contributed by atoms with Gasteiger partial charge in [0, 0.05) is 5.75 Å². The average molecular weight is 282 g/mol. The van der Waals surface area contributed by atoms with Crippen LogP contribution < -0.4 is 0 Å². The van der Waals surface area contributed by atoms with Crippen molar-refractivity contribution >= 4 is 17.7 Å². The zero-order valence-electron chi connectivity index (χ0n) is 11.0. The van der Waals surface area contributed by atoms with E-state index < -0.39 is 5.97 Å². The van der Waals surface area contributed by atoms with E-state index >= 15 is 0 Å². The average Bonchev–Trinajstić information content (AvgIpc) is 3.12. The van der Waals surface area contributed by atoms with Crippen LogP contribution in [0.3, 0.4) is 0 Å². The smallest absolute Gasteiger partial charge is 0.396 e. The minimum atomic E-state index is -0.540. The predicted molar refractivity (Wildman–Crippen MR) is 69.9 cm³/mol. The molecule has 19 heavy (non-hydrogen) atoms. The molecular weight excluding hydrogens is 264 g/mol. The molecule has 5 nitrogen and oxygen atoms in total. The normalized spacial score (nSPS) is 28.8. The van der Waals surface area contributed by atoms with Gasteiger partial charge in [-0.3, -0.25) is 0 Å². The molecule has 0 aromatic carbocycles. The SMILES string of the molecule is CCOC(=O)c1nnc(SCC2CC3CCC2C3)o1. The summed E-state index contributed by atoms with van der Waals surface area (Å²) in [6.07, 6.45) is 5.55. The van der Waals surface area contributed by atoms with E-state index in [1.807, 2.05) is 0 Å². The number of hydrogen-bond acceptors (Lipinski definition) is 6. The first kappa shape index (κ1) is 13.0. The zero-order chi connectivity index (χ0) is 13.2. The van der Waals surface area contributed by atoms with Crippen LogP contribution in [0, 0.1) is 17.8 Å². The monoisotopic (exact) mass is 282 g/mol. The lowest BCUT2D eigenvalue weighted by Crippen LogP contribution is -2.12. The molecular formula is C13H18N2O3S. The van der Waals surface area contributed by atoms with Crippen molar-refractivity contribution in [3.8, 4) is 0 Å². The number of aromatic nitrogens is 2. The fraction of sp³-hybridized carbons (Fsp3) is 0.769. The van der Waals surface area contributed by atoms with E-state index in [9.17, 15) is 4.79 Å². The van der Waals surface area contributed by atoms with Crippen LogP contribution in [-0.2, 0) is 4.74 Å². The molecule has 3 atom stereocenters. The summed E-state index contributed by atoms with van der Waals surface area (Å²) < 4.78 is 10.1. The van der Waals surface area contributed by atoms with Gasteiger partial charge in [0.25, 0.3) is 5.22 Å². The van der Waals surface area contributed by atoms with Crippen LogP contribution in [0.2, 0.25) is 0 Å². The number of esters is 1. The summed E-state index contributed by atoms with van der Waals surface area (Å²) in [6.45, 7) is 2.06. The molecule has 0 aliphatic heterocycles. The first-order valence-electron chi connectivity index (χ1n) is 6.89. The van der Waals surface area contributed by atoms with Gasteiger partial charge in [0.05, 0.1) is 6.61 Å². The zero-order valence-corrected chi connectivity index (χ0v) is 11.8. The summed E-state index contributed by atoms with van der Waals surface area (Å²) >= 11 is 1.57. The van der Waals surface area contributed by atoms with Crippen molar-refractivity contribution < 1.29 is 13.9 Å². The predicted octanol–water partition coefficient (Wildman–Crippen LogP) is 2.77. The van der Waals surface area contributed by atoms with Crippen LogP contribution in [-0.4, -0.2) is 28.5 Å². The van der Waals surface area contributed by atoms with Gasteiger partial charge in [0.15, 0.2) is 0 Å². The molecule has 2 bridgehead atoms. The molecule has 1 aromatic rings. The maximum absolute atomic E-state index is 11.4. The summed E-state index contributed by atoms with van der Waals surface area (Å²) in [5.74, 6) is 3.06. The topological polar surface area (TPSA) is 65.2 Å². The van der Waals surface area contributed by atoms with Crippen LogP contribution in [0.5, 0.6) is 0 Å². The van der Waals surface area contributed by atoms with Crippen molar-refractivity contribution in [1.29, 1.82) is 0 Å². The minimum Gasteiger partial charge on any atom is -0.459 e. The van der Waals surface area contributed by atoms with E-state index in [2.05, 4.69) is 10.2 Å². The van der Waals surface area contributed by atoms with Crippen molar-refractivity contribution in [2.24, 2.45) is 17.8 Å². The van der Waals surface area contributed by atoms with Gasteiger partial charge in [0.1, 0.15) is 0 Å². The molecule has 2 aliphatic rings. The Balaban J connectivity index is 1.52. The van der Waals surface area contributed by atoms with E-state index in [-0.39, 0.29) is 5.89 Å². The summed E-state index contributed by atoms with van der Waals surface area (Å²) in [6, 6.07) is 0. The Morgan fingerprint density at radius 3 is 3.00 bits per heavy atom.